The number of halogens is 3. The Kier molecular flexibility index (Phi) is 5.88. The Morgan fingerprint density at radius 2 is 1.92 bits per heavy atom. The van der Waals surface area contributed by atoms with Crippen molar-refractivity contribution >= 4 is 16.8 Å². The number of carbonyl (C=O) groups excluding carboxylic acids is 1. The van der Waals surface area contributed by atoms with E-state index in [0.29, 0.717) is 65.5 Å². The number of fused-ring (bicyclic) bond motifs is 2. The van der Waals surface area contributed by atoms with Crippen molar-refractivity contribution < 1.29 is 18.0 Å². The van der Waals surface area contributed by atoms with Gasteiger partial charge >= 0.3 is 6.03 Å². The molecule has 1 aliphatic heterocycles. The van der Waals surface area contributed by atoms with Gasteiger partial charge in [0.05, 0.1) is 23.6 Å². The summed E-state index contributed by atoms with van der Waals surface area (Å²) in [5.74, 6) is -2.58. The quantitative estimate of drug-likeness (QED) is 0.406. The summed E-state index contributed by atoms with van der Waals surface area (Å²) in [7, 11) is 3.39. The van der Waals surface area contributed by atoms with Crippen LogP contribution in [-0.4, -0.2) is 54.8 Å². The molecule has 0 saturated heterocycles. The van der Waals surface area contributed by atoms with E-state index in [9.17, 15) is 13.6 Å². The van der Waals surface area contributed by atoms with Crippen LogP contribution in [0.15, 0.2) is 36.7 Å². The Morgan fingerprint density at radius 3 is 2.63 bits per heavy atom. The molecule has 11 heteroatoms. The highest BCUT2D eigenvalue weighted by Crippen LogP contribution is 2.43. The maximum atomic E-state index is 15.6. The smallest absolute Gasteiger partial charge is 0.317 e. The van der Waals surface area contributed by atoms with Crippen LogP contribution in [0.3, 0.4) is 0 Å². The SMILES string of the molecule is CNC(=O)N1CCn2c(C3CCC(F)(F)CC3)nc(-c3c(F)ccc4cc(-c5ccn(C)n5)ncc34)c2C1. The number of amides is 2. The van der Waals surface area contributed by atoms with Crippen molar-refractivity contribution in [2.24, 2.45) is 7.05 Å². The van der Waals surface area contributed by atoms with E-state index < -0.39 is 11.7 Å². The molecule has 8 nitrogen and oxygen atoms in total. The van der Waals surface area contributed by atoms with Gasteiger partial charge < -0.3 is 14.8 Å². The maximum absolute atomic E-state index is 15.6. The number of benzene rings is 1. The van der Waals surface area contributed by atoms with Gasteiger partial charge in [0.15, 0.2) is 0 Å². The second-order valence-corrected chi connectivity index (χ2v) is 10.1. The summed E-state index contributed by atoms with van der Waals surface area (Å²) in [4.78, 5) is 23.6. The number of aromatic nitrogens is 5. The summed E-state index contributed by atoms with van der Waals surface area (Å²) in [6, 6.07) is 6.60. The molecule has 1 fully saturated rings. The average molecular weight is 524 g/mol. The predicted molar refractivity (Wildman–Crippen MR) is 136 cm³/mol. The Hall–Kier alpha value is -3.89. The predicted octanol–water partition coefficient (Wildman–Crippen LogP) is 5.09. The van der Waals surface area contributed by atoms with E-state index in [-0.39, 0.29) is 31.3 Å². The number of carbonyl (C=O) groups is 1. The minimum Gasteiger partial charge on any atom is -0.341 e. The molecular formula is C27H28F3N7O. The average Bonchev–Trinajstić information content (AvgIpc) is 3.51. The van der Waals surface area contributed by atoms with Crippen molar-refractivity contribution in [1.29, 1.82) is 0 Å². The van der Waals surface area contributed by atoms with Crippen LogP contribution in [0.4, 0.5) is 18.0 Å². The Bertz CT molecular complexity index is 1530. The maximum Gasteiger partial charge on any atom is 0.317 e. The van der Waals surface area contributed by atoms with Gasteiger partial charge in [-0.1, -0.05) is 6.07 Å². The van der Waals surface area contributed by atoms with Gasteiger partial charge in [-0.2, -0.15) is 5.10 Å². The fourth-order valence-corrected chi connectivity index (χ4v) is 5.66. The van der Waals surface area contributed by atoms with E-state index >= 15 is 4.39 Å². The molecule has 38 heavy (non-hydrogen) atoms. The number of urea groups is 1. The van der Waals surface area contributed by atoms with E-state index in [4.69, 9.17) is 4.98 Å². The molecule has 0 radical (unpaired) electrons. The van der Waals surface area contributed by atoms with Crippen LogP contribution in [0.25, 0.3) is 33.4 Å². The second kappa shape index (κ2) is 9.14. The van der Waals surface area contributed by atoms with Crippen LogP contribution in [-0.2, 0) is 20.1 Å². The zero-order chi connectivity index (χ0) is 26.6. The van der Waals surface area contributed by atoms with E-state index in [2.05, 4.69) is 15.4 Å². The molecule has 198 valence electrons. The summed E-state index contributed by atoms with van der Waals surface area (Å²) in [5.41, 5.74) is 2.81. The lowest BCUT2D eigenvalue weighted by atomic mass is 9.86. The van der Waals surface area contributed by atoms with Crippen molar-refractivity contribution in [1.82, 2.24) is 34.5 Å². The topological polar surface area (TPSA) is 80.9 Å². The molecule has 2 aliphatic rings. The number of nitrogens with one attached hydrogen (secondary N) is 1. The van der Waals surface area contributed by atoms with Crippen molar-refractivity contribution in [3.05, 3.63) is 54.0 Å². The molecule has 0 atom stereocenters. The van der Waals surface area contributed by atoms with Crippen molar-refractivity contribution in [2.75, 3.05) is 13.6 Å². The number of alkyl halides is 2. The monoisotopic (exact) mass is 523 g/mol. The fourth-order valence-electron chi connectivity index (χ4n) is 5.66. The fraction of sp³-hybridized carbons (Fsp3) is 0.407. The molecule has 4 heterocycles. The third-order valence-electron chi connectivity index (χ3n) is 7.69. The lowest BCUT2D eigenvalue weighted by Gasteiger charge is -2.32. The van der Waals surface area contributed by atoms with E-state index in [0.717, 1.165) is 5.39 Å². The summed E-state index contributed by atoms with van der Waals surface area (Å²) in [6.07, 6.45) is 3.70. The Morgan fingerprint density at radius 1 is 1.13 bits per heavy atom. The number of pyridine rings is 1. The molecule has 4 aromatic rings. The molecular weight excluding hydrogens is 495 g/mol. The van der Waals surface area contributed by atoms with Gasteiger partial charge in [-0.05, 0) is 36.4 Å². The third kappa shape index (κ3) is 4.19. The Balaban J connectivity index is 1.49. The van der Waals surface area contributed by atoms with Gasteiger partial charge in [0.1, 0.15) is 17.3 Å². The number of imidazole rings is 1. The number of nitrogens with zero attached hydrogens (tertiary/aromatic N) is 6. The van der Waals surface area contributed by atoms with Crippen LogP contribution in [0.5, 0.6) is 0 Å². The summed E-state index contributed by atoms with van der Waals surface area (Å²) < 4.78 is 47.1. The first kappa shape index (κ1) is 24.4. The van der Waals surface area contributed by atoms with Crippen LogP contribution >= 0.6 is 0 Å². The molecule has 1 aromatic carbocycles. The molecule has 2 amide bonds. The number of rotatable bonds is 3. The largest absolute Gasteiger partial charge is 0.341 e. The first-order valence-electron chi connectivity index (χ1n) is 12.8. The normalized spacial score (nSPS) is 17.6. The minimum absolute atomic E-state index is 0.152. The zero-order valence-electron chi connectivity index (χ0n) is 21.2. The second-order valence-electron chi connectivity index (χ2n) is 10.1. The first-order chi connectivity index (χ1) is 18.2. The molecule has 1 N–H and O–H groups in total. The zero-order valence-corrected chi connectivity index (χ0v) is 21.2. The standard InChI is InChI=1S/C27H28F3N7O/c1-31-26(38)36-11-12-37-22(15-36)24(33-25(37)16-5-8-27(29,30)9-6-16)23-18-14-32-21(20-7-10-35(2)34-20)13-17(18)3-4-19(23)28/h3-4,7,10,13-14,16H,5-6,8-9,11-12,15H2,1-2H3,(H,31,38). The van der Waals surface area contributed by atoms with Gasteiger partial charge in [-0.25, -0.2) is 22.9 Å². The van der Waals surface area contributed by atoms with E-state index in [1.807, 2.05) is 29.9 Å². The molecule has 6 rings (SSSR count). The van der Waals surface area contributed by atoms with Gasteiger partial charge in [0.2, 0.25) is 5.92 Å². The van der Waals surface area contributed by atoms with Crippen LogP contribution in [0.2, 0.25) is 0 Å². The van der Waals surface area contributed by atoms with Crippen LogP contribution in [0.1, 0.15) is 43.1 Å². The Labute approximate surface area is 217 Å². The van der Waals surface area contributed by atoms with Gasteiger partial charge in [0.25, 0.3) is 0 Å². The van der Waals surface area contributed by atoms with Crippen molar-refractivity contribution in [3.63, 3.8) is 0 Å². The van der Waals surface area contributed by atoms with E-state index in [1.54, 1.807) is 28.9 Å². The van der Waals surface area contributed by atoms with E-state index in [1.165, 1.54) is 6.07 Å². The molecule has 3 aromatic heterocycles. The molecule has 1 aliphatic carbocycles. The minimum atomic E-state index is -2.66. The molecule has 0 bridgehead atoms. The van der Waals surface area contributed by atoms with Crippen molar-refractivity contribution in [2.45, 2.75) is 50.6 Å². The van der Waals surface area contributed by atoms with Crippen molar-refractivity contribution in [3.8, 4) is 22.6 Å². The summed E-state index contributed by atoms with van der Waals surface area (Å²) in [6.45, 7) is 1.15. The summed E-state index contributed by atoms with van der Waals surface area (Å²) in [5, 5.41) is 8.42. The molecule has 0 unspecified atom stereocenters. The highest BCUT2D eigenvalue weighted by atomic mass is 19.3. The number of hydrogen-bond acceptors (Lipinski definition) is 4. The van der Waals surface area contributed by atoms with Gasteiger partial charge in [0, 0.05) is 69.3 Å². The highest BCUT2D eigenvalue weighted by molar-refractivity contribution is 5.97. The van der Waals surface area contributed by atoms with Crippen LogP contribution < -0.4 is 5.32 Å². The lowest BCUT2D eigenvalue weighted by Crippen LogP contribution is -2.43. The number of hydrogen-bond donors (Lipinski definition) is 1. The molecule has 0 spiro atoms. The third-order valence-corrected chi connectivity index (χ3v) is 7.69. The van der Waals surface area contributed by atoms with Gasteiger partial charge in [-0.3, -0.25) is 9.67 Å². The van der Waals surface area contributed by atoms with Gasteiger partial charge in [-0.15, -0.1) is 0 Å². The lowest BCUT2D eigenvalue weighted by molar-refractivity contribution is -0.0390. The number of aryl methyl sites for hydroxylation is 1. The first-order valence-corrected chi connectivity index (χ1v) is 12.8. The molecule has 1 saturated carbocycles. The van der Waals surface area contributed by atoms with Crippen LogP contribution in [0, 0.1) is 5.82 Å². The summed E-state index contributed by atoms with van der Waals surface area (Å²) >= 11 is 0. The highest BCUT2D eigenvalue weighted by Gasteiger charge is 2.39.